The quantitative estimate of drug-likeness (QED) is 0.377. The van der Waals surface area contributed by atoms with Gasteiger partial charge in [-0.05, 0) is 13.0 Å². The first kappa shape index (κ1) is 6.14. The molecule has 0 fully saturated rings. The van der Waals surface area contributed by atoms with Crippen LogP contribution in [0, 0.1) is 17.0 Å². The Balaban J connectivity index is 3.14. The lowest BCUT2D eigenvalue weighted by molar-refractivity contribution is -0.468. The maximum Gasteiger partial charge on any atom is 0.222 e. The lowest BCUT2D eigenvalue weighted by atomic mass is 10.5. The van der Waals surface area contributed by atoms with E-state index in [0.29, 0.717) is 0 Å². The van der Waals surface area contributed by atoms with E-state index in [2.05, 4.69) is 6.92 Å². The highest BCUT2D eigenvalue weighted by Gasteiger charge is 1.83. The minimum atomic E-state index is -0.415. The second-order valence-electron chi connectivity index (χ2n) is 0.987. The molecule has 0 heterocycles. The van der Waals surface area contributed by atoms with E-state index in [1.54, 1.807) is 0 Å². The summed E-state index contributed by atoms with van der Waals surface area (Å²) in [5.74, 6) is 0. The number of allylic oxidation sites excluding steroid dienone is 1. The van der Waals surface area contributed by atoms with Crippen LogP contribution in [0.3, 0.4) is 0 Å². The van der Waals surface area contributed by atoms with Gasteiger partial charge in [-0.1, -0.05) is 6.08 Å². The molecule has 0 atom stereocenters. The topological polar surface area (TPSA) is 43.1 Å². The number of rotatable bonds is 2. The van der Waals surface area contributed by atoms with Gasteiger partial charge in [-0.25, -0.2) is 0 Å². The first-order valence-electron chi connectivity index (χ1n) is 1.83. The van der Waals surface area contributed by atoms with Crippen molar-refractivity contribution < 1.29 is 4.92 Å². The fourth-order valence-electron chi connectivity index (χ4n) is 0.161. The van der Waals surface area contributed by atoms with Gasteiger partial charge in [-0.2, -0.15) is 0 Å². The van der Waals surface area contributed by atoms with Gasteiger partial charge in [0.15, 0.2) is 0 Å². The lowest BCUT2D eigenvalue weighted by Crippen LogP contribution is -1.94. The van der Waals surface area contributed by atoms with Crippen LogP contribution >= 0.6 is 0 Å². The first-order valence-corrected chi connectivity index (χ1v) is 1.83. The van der Waals surface area contributed by atoms with E-state index in [0.717, 1.165) is 0 Å². The van der Waals surface area contributed by atoms with Crippen molar-refractivity contribution in [3.05, 3.63) is 29.2 Å². The van der Waals surface area contributed by atoms with Gasteiger partial charge in [0, 0.05) is 4.92 Å². The Hall–Kier alpha value is -0.860. The minimum absolute atomic E-state index is 0.122. The molecule has 0 spiro atoms. The van der Waals surface area contributed by atoms with Crippen LogP contribution in [-0.4, -0.2) is 11.5 Å². The average Bonchev–Trinajstić information content (AvgIpc) is 1.61. The summed E-state index contributed by atoms with van der Waals surface area (Å²) in [5.41, 5.74) is 0. The number of hydrogen-bond donors (Lipinski definition) is 0. The second kappa shape index (κ2) is 3.33. The van der Waals surface area contributed by atoms with Gasteiger partial charge in [0.1, 0.15) is 0 Å². The third-order valence-electron chi connectivity index (χ3n) is 0.421. The van der Waals surface area contributed by atoms with Crippen LogP contribution in [-0.2, 0) is 0 Å². The zero-order valence-corrected chi connectivity index (χ0v) is 3.83. The number of nitrogens with zero attached hydrogens (tertiary/aromatic N) is 1. The van der Waals surface area contributed by atoms with E-state index in [9.17, 15) is 10.1 Å². The second-order valence-corrected chi connectivity index (χ2v) is 0.987. The van der Waals surface area contributed by atoms with Crippen molar-refractivity contribution in [1.82, 2.24) is 0 Å². The molecule has 3 nitrogen and oxygen atoms in total. The van der Waals surface area contributed by atoms with Gasteiger partial charge in [-0.3, -0.25) is 10.1 Å². The van der Waals surface area contributed by atoms with Gasteiger partial charge in [0.25, 0.3) is 0 Å². The summed E-state index contributed by atoms with van der Waals surface area (Å²) in [6, 6.07) is 0. The highest BCUT2D eigenvalue weighted by molar-refractivity contribution is 4.82. The van der Waals surface area contributed by atoms with Gasteiger partial charge in [0.05, 0.1) is 0 Å². The fraction of sp³-hybridized carbons (Fsp3) is 0.250. The van der Waals surface area contributed by atoms with Gasteiger partial charge < -0.3 is 0 Å². The molecule has 0 rings (SSSR count). The van der Waals surface area contributed by atoms with Crippen molar-refractivity contribution in [3.63, 3.8) is 0 Å². The molecule has 0 bridgehead atoms. The Morgan fingerprint density at radius 2 is 2.43 bits per heavy atom. The molecule has 0 aliphatic heterocycles. The summed E-state index contributed by atoms with van der Waals surface area (Å²) in [4.78, 5) is 9.07. The normalized spacial score (nSPS) is 9.86. The maximum absolute atomic E-state index is 9.48. The van der Waals surface area contributed by atoms with Crippen molar-refractivity contribution in [1.29, 1.82) is 0 Å². The zero-order valence-electron chi connectivity index (χ0n) is 3.83. The standard InChI is InChI=1S/C4H6NO2/c1-2-3-4-5(6)7/h2-3H,1,4H2/b3-2+. The minimum Gasteiger partial charge on any atom is -0.264 e. The summed E-state index contributed by atoms with van der Waals surface area (Å²) in [5, 5.41) is 9.48. The highest BCUT2D eigenvalue weighted by atomic mass is 16.6. The largest absolute Gasteiger partial charge is 0.264 e. The molecule has 0 saturated heterocycles. The molecule has 0 aromatic carbocycles. The molecular weight excluding hydrogens is 94.0 g/mol. The molecule has 0 aromatic rings. The molecule has 0 aromatic heterocycles. The number of nitro groups is 1. The number of hydrogen-bond acceptors (Lipinski definition) is 2. The molecule has 39 valence electrons. The molecule has 0 unspecified atom stereocenters. The van der Waals surface area contributed by atoms with Crippen molar-refractivity contribution in [2.24, 2.45) is 0 Å². The lowest BCUT2D eigenvalue weighted by Gasteiger charge is -1.78. The van der Waals surface area contributed by atoms with Crippen LogP contribution in [0.5, 0.6) is 0 Å². The van der Waals surface area contributed by atoms with E-state index in [4.69, 9.17) is 0 Å². The van der Waals surface area contributed by atoms with Crippen LogP contribution in [0.4, 0.5) is 0 Å². The monoisotopic (exact) mass is 100 g/mol. The Morgan fingerprint density at radius 1 is 1.86 bits per heavy atom. The van der Waals surface area contributed by atoms with E-state index in [1.807, 2.05) is 0 Å². The van der Waals surface area contributed by atoms with Crippen LogP contribution in [0.15, 0.2) is 12.2 Å². The van der Waals surface area contributed by atoms with E-state index in [1.165, 1.54) is 12.2 Å². The van der Waals surface area contributed by atoms with Crippen molar-refractivity contribution in [3.8, 4) is 0 Å². The first-order chi connectivity index (χ1) is 3.27. The fourth-order valence-corrected chi connectivity index (χ4v) is 0.161. The zero-order chi connectivity index (χ0) is 5.70. The van der Waals surface area contributed by atoms with E-state index in [-0.39, 0.29) is 6.54 Å². The van der Waals surface area contributed by atoms with Gasteiger partial charge in [0.2, 0.25) is 6.54 Å². The molecular formula is C4H6NO2. The Labute approximate surface area is 41.8 Å². The maximum atomic E-state index is 9.48. The van der Waals surface area contributed by atoms with Crippen molar-refractivity contribution in [2.75, 3.05) is 6.54 Å². The molecule has 1 radical (unpaired) electrons. The smallest absolute Gasteiger partial charge is 0.222 e. The summed E-state index contributed by atoms with van der Waals surface area (Å²) < 4.78 is 0. The molecule has 0 saturated carbocycles. The molecule has 0 amide bonds. The molecule has 7 heavy (non-hydrogen) atoms. The summed E-state index contributed by atoms with van der Waals surface area (Å²) in [6.07, 6.45) is 2.79. The third-order valence-corrected chi connectivity index (χ3v) is 0.421. The van der Waals surface area contributed by atoms with Crippen molar-refractivity contribution >= 4 is 0 Å². The Kier molecular flexibility index (Phi) is 2.92. The third kappa shape index (κ3) is 5.14. The van der Waals surface area contributed by atoms with E-state index < -0.39 is 4.92 Å². The predicted octanol–water partition coefficient (Wildman–Crippen LogP) is 0.653. The molecule has 0 N–H and O–H groups in total. The Bertz CT molecular complexity index is 87.7. The van der Waals surface area contributed by atoms with E-state index >= 15 is 0 Å². The average molecular weight is 100 g/mol. The Morgan fingerprint density at radius 3 is 2.57 bits per heavy atom. The van der Waals surface area contributed by atoms with Crippen LogP contribution in [0.1, 0.15) is 0 Å². The van der Waals surface area contributed by atoms with Gasteiger partial charge >= 0.3 is 0 Å². The molecule has 0 aliphatic rings. The van der Waals surface area contributed by atoms with Gasteiger partial charge in [-0.15, -0.1) is 0 Å². The van der Waals surface area contributed by atoms with Crippen LogP contribution < -0.4 is 0 Å². The summed E-state index contributed by atoms with van der Waals surface area (Å²) in [7, 11) is 0. The molecule has 0 aliphatic carbocycles. The van der Waals surface area contributed by atoms with Crippen LogP contribution in [0.2, 0.25) is 0 Å². The predicted molar refractivity (Wildman–Crippen MR) is 26.4 cm³/mol. The summed E-state index contributed by atoms with van der Waals surface area (Å²) >= 11 is 0. The van der Waals surface area contributed by atoms with Crippen molar-refractivity contribution in [2.45, 2.75) is 0 Å². The molecule has 3 heteroatoms. The highest BCUT2D eigenvalue weighted by Crippen LogP contribution is 1.70. The SMILES string of the molecule is [CH2]/C=C/C[N+](=O)[O-]. The summed E-state index contributed by atoms with van der Waals surface area (Å²) in [6.45, 7) is 3.15. The van der Waals surface area contributed by atoms with Crippen LogP contribution in [0.25, 0.3) is 0 Å².